The van der Waals surface area contributed by atoms with Crippen LogP contribution in [-0.2, 0) is 13.2 Å². The molecule has 0 aliphatic carbocycles. The topological polar surface area (TPSA) is 21.3 Å². The quantitative estimate of drug-likeness (QED) is 0.644. The van der Waals surface area contributed by atoms with Crippen LogP contribution in [0.15, 0.2) is 78.9 Å². The van der Waals surface area contributed by atoms with Crippen molar-refractivity contribution in [3.63, 3.8) is 0 Å². The standard InChI is InChI=1S/C20H18ClNO/c21-20-9-5-4-8-17(20)14-22-18-10-12-19(13-11-18)23-15-16-6-2-1-3-7-16/h1-13,22H,14-15H2. The second-order valence-corrected chi connectivity index (χ2v) is 5.65. The molecule has 0 bridgehead atoms. The molecular formula is C20H18ClNO. The first-order valence-corrected chi connectivity index (χ1v) is 7.93. The molecule has 3 heteroatoms. The smallest absolute Gasteiger partial charge is 0.119 e. The highest BCUT2D eigenvalue weighted by Crippen LogP contribution is 2.20. The van der Waals surface area contributed by atoms with Crippen LogP contribution >= 0.6 is 11.6 Å². The summed E-state index contributed by atoms with van der Waals surface area (Å²) in [6.45, 7) is 1.27. The zero-order valence-corrected chi connectivity index (χ0v) is 13.5. The van der Waals surface area contributed by atoms with Crippen LogP contribution in [0, 0.1) is 0 Å². The summed E-state index contributed by atoms with van der Waals surface area (Å²) in [5.41, 5.74) is 3.28. The number of hydrogen-bond acceptors (Lipinski definition) is 2. The van der Waals surface area contributed by atoms with Crippen molar-refractivity contribution in [1.29, 1.82) is 0 Å². The molecule has 0 unspecified atom stereocenters. The van der Waals surface area contributed by atoms with Crippen molar-refractivity contribution in [2.24, 2.45) is 0 Å². The highest BCUT2D eigenvalue weighted by atomic mass is 35.5. The molecule has 116 valence electrons. The third-order valence-electron chi connectivity index (χ3n) is 3.54. The van der Waals surface area contributed by atoms with E-state index in [0.29, 0.717) is 13.2 Å². The van der Waals surface area contributed by atoms with Crippen LogP contribution in [0.5, 0.6) is 5.75 Å². The maximum Gasteiger partial charge on any atom is 0.119 e. The lowest BCUT2D eigenvalue weighted by Crippen LogP contribution is -2.00. The van der Waals surface area contributed by atoms with E-state index in [1.54, 1.807) is 0 Å². The molecule has 1 N–H and O–H groups in total. The van der Waals surface area contributed by atoms with Gasteiger partial charge in [-0.1, -0.05) is 60.1 Å². The summed E-state index contributed by atoms with van der Waals surface area (Å²) in [4.78, 5) is 0. The molecule has 0 amide bonds. The minimum absolute atomic E-state index is 0.577. The summed E-state index contributed by atoms with van der Waals surface area (Å²) in [5, 5.41) is 4.14. The van der Waals surface area contributed by atoms with Crippen molar-refractivity contribution < 1.29 is 4.74 Å². The minimum Gasteiger partial charge on any atom is -0.489 e. The van der Waals surface area contributed by atoms with Crippen molar-refractivity contribution in [3.05, 3.63) is 95.0 Å². The molecule has 0 fully saturated rings. The second kappa shape index (κ2) is 7.70. The Morgan fingerprint density at radius 2 is 1.48 bits per heavy atom. The fraction of sp³-hybridized carbons (Fsp3) is 0.100. The van der Waals surface area contributed by atoms with Crippen molar-refractivity contribution in [3.8, 4) is 5.75 Å². The molecule has 0 saturated heterocycles. The Morgan fingerprint density at radius 1 is 0.783 bits per heavy atom. The molecule has 0 heterocycles. The number of nitrogens with one attached hydrogen (secondary N) is 1. The SMILES string of the molecule is Clc1ccccc1CNc1ccc(OCc2ccccc2)cc1. The Bertz CT molecular complexity index is 741. The maximum absolute atomic E-state index is 6.16. The molecule has 0 saturated carbocycles. The Hall–Kier alpha value is -2.45. The molecule has 0 spiro atoms. The van der Waals surface area contributed by atoms with Gasteiger partial charge in [-0.05, 0) is 41.5 Å². The zero-order chi connectivity index (χ0) is 15.9. The molecule has 3 aromatic carbocycles. The molecule has 23 heavy (non-hydrogen) atoms. The van der Waals surface area contributed by atoms with Crippen LogP contribution in [0.3, 0.4) is 0 Å². The lowest BCUT2D eigenvalue weighted by atomic mass is 10.2. The average Bonchev–Trinajstić information content (AvgIpc) is 2.61. The largest absolute Gasteiger partial charge is 0.489 e. The van der Waals surface area contributed by atoms with Crippen molar-refractivity contribution >= 4 is 17.3 Å². The number of hydrogen-bond donors (Lipinski definition) is 1. The van der Waals surface area contributed by atoms with Gasteiger partial charge in [0.25, 0.3) is 0 Å². The van der Waals surface area contributed by atoms with E-state index in [2.05, 4.69) is 17.4 Å². The predicted molar refractivity (Wildman–Crippen MR) is 96.0 cm³/mol. The van der Waals surface area contributed by atoms with E-state index in [1.807, 2.05) is 66.7 Å². The van der Waals surface area contributed by atoms with E-state index < -0.39 is 0 Å². The highest BCUT2D eigenvalue weighted by Gasteiger charge is 2.00. The van der Waals surface area contributed by atoms with Crippen LogP contribution in [0.25, 0.3) is 0 Å². The van der Waals surface area contributed by atoms with Gasteiger partial charge in [0.2, 0.25) is 0 Å². The van der Waals surface area contributed by atoms with Gasteiger partial charge in [-0.2, -0.15) is 0 Å². The molecule has 3 rings (SSSR count). The van der Waals surface area contributed by atoms with Crippen LogP contribution in [0.4, 0.5) is 5.69 Å². The van der Waals surface area contributed by atoms with Gasteiger partial charge in [0.05, 0.1) is 0 Å². The molecule has 3 aromatic rings. The van der Waals surface area contributed by atoms with Gasteiger partial charge in [-0.15, -0.1) is 0 Å². The number of halogens is 1. The fourth-order valence-corrected chi connectivity index (χ4v) is 2.45. The lowest BCUT2D eigenvalue weighted by Gasteiger charge is -2.10. The highest BCUT2D eigenvalue weighted by molar-refractivity contribution is 6.31. The van der Waals surface area contributed by atoms with Gasteiger partial charge in [-0.3, -0.25) is 0 Å². The van der Waals surface area contributed by atoms with E-state index in [9.17, 15) is 0 Å². The zero-order valence-electron chi connectivity index (χ0n) is 12.7. The van der Waals surface area contributed by atoms with Crippen molar-refractivity contribution in [2.75, 3.05) is 5.32 Å². The van der Waals surface area contributed by atoms with Gasteiger partial charge >= 0.3 is 0 Å². The molecule has 0 atom stereocenters. The predicted octanol–water partition coefficient (Wildman–Crippen LogP) is 5.53. The van der Waals surface area contributed by atoms with E-state index >= 15 is 0 Å². The van der Waals surface area contributed by atoms with Gasteiger partial charge < -0.3 is 10.1 Å². The van der Waals surface area contributed by atoms with E-state index in [4.69, 9.17) is 16.3 Å². The maximum atomic E-state index is 6.16. The lowest BCUT2D eigenvalue weighted by molar-refractivity contribution is 0.306. The minimum atomic E-state index is 0.577. The first kappa shape index (κ1) is 15.4. The van der Waals surface area contributed by atoms with Crippen LogP contribution in [-0.4, -0.2) is 0 Å². The third-order valence-corrected chi connectivity index (χ3v) is 3.91. The van der Waals surface area contributed by atoms with Crippen LogP contribution < -0.4 is 10.1 Å². The van der Waals surface area contributed by atoms with Gasteiger partial charge in [0.15, 0.2) is 0 Å². The normalized spacial score (nSPS) is 10.3. The number of ether oxygens (including phenoxy) is 1. The van der Waals surface area contributed by atoms with Crippen molar-refractivity contribution in [1.82, 2.24) is 0 Å². The molecular weight excluding hydrogens is 306 g/mol. The molecule has 2 nitrogen and oxygen atoms in total. The summed E-state index contributed by atoms with van der Waals surface area (Å²) in [6, 6.07) is 26.0. The molecule has 0 aliphatic heterocycles. The van der Waals surface area contributed by atoms with E-state index in [1.165, 1.54) is 0 Å². The average molecular weight is 324 g/mol. The summed E-state index contributed by atoms with van der Waals surface area (Å²) < 4.78 is 5.78. The van der Waals surface area contributed by atoms with Gasteiger partial charge in [0, 0.05) is 17.3 Å². The third kappa shape index (κ3) is 4.51. The fourth-order valence-electron chi connectivity index (χ4n) is 2.25. The second-order valence-electron chi connectivity index (χ2n) is 5.24. The first-order chi connectivity index (χ1) is 11.3. The molecule has 0 aliphatic rings. The number of rotatable bonds is 6. The summed E-state index contributed by atoms with van der Waals surface area (Å²) >= 11 is 6.16. The Labute approximate surface area is 141 Å². The Balaban J connectivity index is 1.54. The Kier molecular flexibility index (Phi) is 5.17. The van der Waals surface area contributed by atoms with E-state index in [-0.39, 0.29) is 0 Å². The van der Waals surface area contributed by atoms with Crippen LogP contribution in [0.1, 0.15) is 11.1 Å². The summed E-state index contributed by atoms with van der Waals surface area (Å²) in [6.07, 6.45) is 0. The van der Waals surface area contributed by atoms with E-state index in [0.717, 1.165) is 27.6 Å². The van der Waals surface area contributed by atoms with Gasteiger partial charge in [-0.25, -0.2) is 0 Å². The summed E-state index contributed by atoms with van der Waals surface area (Å²) in [5.74, 6) is 0.858. The first-order valence-electron chi connectivity index (χ1n) is 7.55. The molecule has 0 radical (unpaired) electrons. The summed E-state index contributed by atoms with van der Waals surface area (Å²) in [7, 11) is 0. The monoisotopic (exact) mass is 323 g/mol. The van der Waals surface area contributed by atoms with Crippen molar-refractivity contribution in [2.45, 2.75) is 13.2 Å². The Morgan fingerprint density at radius 3 is 2.22 bits per heavy atom. The van der Waals surface area contributed by atoms with Crippen LogP contribution in [0.2, 0.25) is 5.02 Å². The number of benzene rings is 3. The molecule has 0 aromatic heterocycles. The number of anilines is 1. The van der Waals surface area contributed by atoms with Gasteiger partial charge in [0.1, 0.15) is 12.4 Å².